The molecule has 1 aromatic heterocycles. The fourth-order valence-corrected chi connectivity index (χ4v) is 2.44. The van der Waals surface area contributed by atoms with Crippen LogP contribution in [0.5, 0.6) is 0 Å². The van der Waals surface area contributed by atoms with Gasteiger partial charge in [-0.15, -0.1) is 0 Å². The van der Waals surface area contributed by atoms with E-state index in [9.17, 15) is 4.79 Å². The Hall–Kier alpha value is -2.14. The summed E-state index contributed by atoms with van der Waals surface area (Å²) in [7, 11) is 1.91. The molecule has 2 heterocycles. The van der Waals surface area contributed by atoms with Crippen LogP contribution < -0.4 is 11.1 Å². The van der Waals surface area contributed by atoms with Gasteiger partial charge in [-0.3, -0.25) is 9.48 Å². The predicted octanol–water partition coefficient (Wildman–Crippen LogP) is 1.43. The number of benzene rings is 1. The lowest BCUT2D eigenvalue weighted by atomic mass is 9.99. The summed E-state index contributed by atoms with van der Waals surface area (Å²) < 4.78 is 1.84. The average Bonchev–Trinajstić information content (AvgIpc) is 2.79. The summed E-state index contributed by atoms with van der Waals surface area (Å²) in [6.07, 6.45) is 1.34. The highest BCUT2D eigenvalue weighted by molar-refractivity contribution is 5.94. The van der Waals surface area contributed by atoms with E-state index >= 15 is 0 Å². The van der Waals surface area contributed by atoms with Crippen LogP contribution in [0.1, 0.15) is 17.7 Å². The molecule has 5 nitrogen and oxygen atoms in total. The highest BCUT2D eigenvalue weighted by Gasteiger charge is 2.16. The second-order valence-corrected chi connectivity index (χ2v) is 4.77. The van der Waals surface area contributed by atoms with Crippen molar-refractivity contribution < 1.29 is 4.79 Å². The molecule has 5 heteroatoms. The van der Waals surface area contributed by atoms with E-state index in [4.69, 9.17) is 5.73 Å². The fourth-order valence-electron chi connectivity index (χ4n) is 2.44. The summed E-state index contributed by atoms with van der Waals surface area (Å²) in [5.41, 5.74) is 10.7. The van der Waals surface area contributed by atoms with Gasteiger partial charge < -0.3 is 11.1 Å². The lowest BCUT2D eigenvalue weighted by molar-refractivity contribution is -0.116. The third kappa shape index (κ3) is 2.13. The van der Waals surface area contributed by atoms with E-state index in [1.54, 1.807) is 0 Å². The van der Waals surface area contributed by atoms with Crippen molar-refractivity contribution in [3.8, 4) is 11.3 Å². The van der Waals surface area contributed by atoms with Gasteiger partial charge in [-0.1, -0.05) is 6.07 Å². The van der Waals surface area contributed by atoms with Crippen LogP contribution in [0.4, 0.5) is 5.69 Å². The minimum atomic E-state index is 0.0891. The summed E-state index contributed by atoms with van der Waals surface area (Å²) in [6, 6.07) is 8.08. The van der Waals surface area contributed by atoms with Crippen LogP contribution in [0.15, 0.2) is 24.3 Å². The molecule has 0 saturated heterocycles. The number of hydrogen-bond acceptors (Lipinski definition) is 3. The zero-order valence-electron chi connectivity index (χ0n) is 10.8. The molecule has 1 amide bonds. The molecule has 0 atom stereocenters. The molecule has 2 aromatic rings. The van der Waals surface area contributed by atoms with Gasteiger partial charge in [0.05, 0.1) is 11.4 Å². The first-order valence-electron chi connectivity index (χ1n) is 6.33. The zero-order chi connectivity index (χ0) is 13.4. The summed E-state index contributed by atoms with van der Waals surface area (Å²) in [5, 5.41) is 7.24. The predicted molar refractivity (Wildman–Crippen MR) is 73.5 cm³/mol. The molecule has 0 aliphatic carbocycles. The van der Waals surface area contributed by atoms with Gasteiger partial charge >= 0.3 is 0 Å². The maximum Gasteiger partial charge on any atom is 0.224 e. The number of carbonyl (C=O) groups excluding carboxylic acids is 1. The number of amides is 1. The van der Waals surface area contributed by atoms with E-state index in [0.29, 0.717) is 13.0 Å². The van der Waals surface area contributed by atoms with E-state index in [2.05, 4.69) is 16.5 Å². The van der Waals surface area contributed by atoms with Crippen molar-refractivity contribution in [3.05, 3.63) is 35.5 Å². The van der Waals surface area contributed by atoms with Crippen molar-refractivity contribution in [3.63, 3.8) is 0 Å². The molecule has 0 saturated carbocycles. The van der Waals surface area contributed by atoms with Gasteiger partial charge in [0, 0.05) is 31.3 Å². The number of aryl methyl sites for hydroxylation is 2. The molecule has 3 N–H and O–H groups in total. The van der Waals surface area contributed by atoms with Gasteiger partial charge in [-0.25, -0.2) is 0 Å². The maximum absolute atomic E-state index is 11.3. The molecule has 98 valence electrons. The number of hydrogen-bond donors (Lipinski definition) is 2. The standard InChI is InChI=1S/C14H16N4O/c1-18-13(7-11(8-15)17-18)10-2-4-12-9(6-10)3-5-14(19)16-12/h2,4,6-7H,3,5,8,15H2,1H3,(H,16,19). The Morgan fingerprint density at radius 1 is 1.37 bits per heavy atom. The van der Waals surface area contributed by atoms with Crippen LogP contribution in [0.2, 0.25) is 0 Å². The van der Waals surface area contributed by atoms with E-state index in [1.807, 2.05) is 29.9 Å². The van der Waals surface area contributed by atoms with Crippen LogP contribution in [0.25, 0.3) is 11.3 Å². The van der Waals surface area contributed by atoms with Crippen LogP contribution in [-0.4, -0.2) is 15.7 Å². The molecule has 0 unspecified atom stereocenters. The number of aromatic nitrogens is 2. The lowest BCUT2D eigenvalue weighted by Gasteiger charge is -2.17. The maximum atomic E-state index is 11.3. The van der Waals surface area contributed by atoms with Crippen molar-refractivity contribution in [2.24, 2.45) is 12.8 Å². The SMILES string of the molecule is Cn1nc(CN)cc1-c1ccc2c(c1)CCC(=O)N2. The molecular weight excluding hydrogens is 240 g/mol. The molecule has 0 radical (unpaired) electrons. The second kappa shape index (κ2) is 4.51. The lowest BCUT2D eigenvalue weighted by Crippen LogP contribution is -2.18. The first-order chi connectivity index (χ1) is 9.17. The minimum Gasteiger partial charge on any atom is -0.326 e. The van der Waals surface area contributed by atoms with Gasteiger partial charge in [0.15, 0.2) is 0 Å². The number of anilines is 1. The summed E-state index contributed by atoms with van der Waals surface area (Å²) in [5.74, 6) is 0.0891. The van der Waals surface area contributed by atoms with Gasteiger partial charge in [0.1, 0.15) is 0 Å². The number of fused-ring (bicyclic) bond motifs is 1. The molecule has 1 aromatic carbocycles. The third-order valence-corrected chi connectivity index (χ3v) is 3.44. The van der Waals surface area contributed by atoms with E-state index in [-0.39, 0.29) is 5.91 Å². The Morgan fingerprint density at radius 2 is 2.21 bits per heavy atom. The number of nitrogens with zero attached hydrogens (tertiary/aromatic N) is 2. The van der Waals surface area contributed by atoms with E-state index < -0.39 is 0 Å². The topological polar surface area (TPSA) is 72.9 Å². The monoisotopic (exact) mass is 256 g/mol. The van der Waals surface area contributed by atoms with Gasteiger partial charge in [-0.05, 0) is 30.2 Å². The first-order valence-corrected chi connectivity index (χ1v) is 6.33. The van der Waals surface area contributed by atoms with E-state index in [1.165, 1.54) is 5.56 Å². The third-order valence-electron chi connectivity index (χ3n) is 3.44. The van der Waals surface area contributed by atoms with Crippen molar-refractivity contribution in [2.75, 3.05) is 5.32 Å². The van der Waals surface area contributed by atoms with Crippen molar-refractivity contribution >= 4 is 11.6 Å². The highest BCUT2D eigenvalue weighted by atomic mass is 16.1. The minimum absolute atomic E-state index is 0.0891. The van der Waals surface area contributed by atoms with Gasteiger partial charge in [-0.2, -0.15) is 5.10 Å². The summed E-state index contributed by atoms with van der Waals surface area (Å²) >= 11 is 0. The molecular formula is C14H16N4O. The molecule has 19 heavy (non-hydrogen) atoms. The Balaban J connectivity index is 2.02. The molecule has 1 aliphatic heterocycles. The molecule has 1 aliphatic rings. The fraction of sp³-hybridized carbons (Fsp3) is 0.286. The normalized spacial score (nSPS) is 14.1. The van der Waals surface area contributed by atoms with E-state index in [0.717, 1.165) is 29.1 Å². The molecule has 0 fully saturated rings. The summed E-state index contributed by atoms with van der Waals surface area (Å²) in [6.45, 7) is 0.439. The molecule has 0 bridgehead atoms. The quantitative estimate of drug-likeness (QED) is 0.853. The Kier molecular flexibility index (Phi) is 2.83. The van der Waals surface area contributed by atoms with Crippen molar-refractivity contribution in [1.29, 1.82) is 0 Å². The zero-order valence-corrected chi connectivity index (χ0v) is 10.8. The van der Waals surface area contributed by atoms with Gasteiger partial charge in [0.2, 0.25) is 5.91 Å². The van der Waals surface area contributed by atoms with Crippen LogP contribution >= 0.6 is 0 Å². The molecule has 0 spiro atoms. The van der Waals surface area contributed by atoms with Crippen LogP contribution in [-0.2, 0) is 24.8 Å². The number of carbonyl (C=O) groups is 1. The largest absolute Gasteiger partial charge is 0.326 e. The Bertz CT molecular complexity index is 645. The average molecular weight is 256 g/mol. The Labute approximate surface area is 111 Å². The Morgan fingerprint density at radius 3 is 2.95 bits per heavy atom. The summed E-state index contributed by atoms with van der Waals surface area (Å²) in [4.78, 5) is 11.3. The smallest absolute Gasteiger partial charge is 0.224 e. The van der Waals surface area contributed by atoms with Crippen molar-refractivity contribution in [1.82, 2.24) is 9.78 Å². The molecule has 3 rings (SSSR count). The van der Waals surface area contributed by atoms with Crippen LogP contribution in [0.3, 0.4) is 0 Å². The van der Waals surface area contributed by atoms with Crippen LogP contribution in [0, 0.1) is 0 Å². The number of rotatable bonds is 2. The second-order valence-electron chi connectivity index (χ2n) is 4.77. The van der Waals surface area contributed by atoms with Crippen molar-refractivity contribution in [2.45, 2.75) is 19.4 Å². The number of nitrogens with one attached hydrogen (secondary N) is 1. The highest BCUT2D eigenvalue weighted by Crippen LogP contribution is 2.28. The number of nitrogens with two attached hydrogens (primary N) is 1. The first kappa shape index (κ1) is 11.9. The van der Waals surface area contributed by atoms with Gasteiger partial charge in [0.25, 0.3) is 0 Å².